The van der Waals surface area contributed by atoms with Crippen LogP contribution in [0.4, 0.5) is 0 Å². The van der Waals surface area contributed by atoms with E-state index in [1.165, 1.54) is 6.92 Å². The van der Waals surface area contributed by atoms with Crippen LogP contribution in [0.5, 0.6) is 0 Å². The lowest BCUT2D eigenvalue weighted by atomic mass is 10.0. The molecule has 5 heteroatoms. The number of aromatic nitrogens is 1. The third kappa shape index (κ3) is 3.48. The van der Waals surface area contributed by atoms with Crippen LogP contribution in [-0.2, 0) is 16.0 Å². The highest BCUT2D eigenvalue weighted by molar-refractivity contribution is 5.86. The summed E-state index contributed by atoms with van der Waals surface area (Å²) in [6.45, 7) is 5.25. The molecule has 1 aromatic heterocycles. The Balaban J connectivity index is 2.93. The van der Waals surface area contributed by atoms with Crippen molar-refractivity contribution in [2.45, 2.75) is 33.2 Å². The number of nitrogens with two attached hydrogens (primary N) is 1. The van der Waals surface area contributed by atoms with E-state index in [-0.39, 0.29) is 5.91 Å². The molecule has 1 rings (SSSR count). The number of hydrogen-bond donors (Lipinski definition) is 3. The fraction of sp³-hybridized carbons (Fsp3) is 0.385. The number of carbonyl (C=O) groups is 2. The van der Waals surface area contributed by atoms with Crippen LogP contribution in [0.15, 0.2) is 12.3 Å². The first kappa shape index (κ1) is 14.0. The van der Waals surface area contributed by atoms with Crippen LogP contribution < -0.4 is 11.1 Å². The number of rotatable bonds is 5. The SMILES string of the molecule is C/C=C\c1c(C[C@H](NC(C)=O)C(N)=O)c[nH]c1C. The molecule has 0 aromatic carbocycles. The van der Waals surface area contributed by atoms with E-state index in [1.54, 1.807) is 0 Å². The number of H-pyrrole nitrogens is 1. The summed E-state index contributed by atoms with van der Waals surface area (Å²) in [7, 11) is 0. The average molecular weight is 249 g/mol. The molecular formula is C13H19N3O2. The number of hydrogen-bond acceptors (Lipinski definition) is 2. The molecule has 1 atom stereocenters. The van der Waals surface area contributed by atoms with Crippen LogP contribution in [-0.4, -0.2) is 22.8 Å². The molecule has 0 aliphatic carbocycles. The van der Waals surface area contributed by atoms with Crippen molar-refractivity contribution < 1.29 is 9.59 Å². The van der Waals surface area contributed by atoms with Crippen molar-refractivity contribution in [3.05, 3.63) is 29.1 Å². The number of aromatic amines is 1. The summed E-state index contributed by atoms with van der Waals surface area (Å²) in [6.07, 6.45) is 6.12. The molecule has 0 aliphatic heterocycles. The van der Waals surface area contributed by atoms with Crippen LogP contribution in [0.3, 0.4) is 0 Å². The van der Waals surface area contributed by atoms with Gasteiger partial charge in [-0.25, -0.2) is 0 Å². The summed E-state index contributed by atoms with van der Waals surface area (Å²) in [4.78, 5) is 25.4. The molecule has 0 saturated carbocycles. The molecule has 5 nitrogen and oxygen atoms in total. The van der Waals surface area contributed by atoms with E-state index < -0.39 is 11.9 Å². The van der Waals surface area contributed by atoms with Gasteiger partial charge in [-0.05, 0) is 25.0 Å². The van der Waals surface area contributed by atoms with Crippen molar-refractivity contribution in [3.63, 3.8) is 0 Å². The minimum absolute atomic E-state index is 0.265. The van der Waals surface area contributed by atoms with Crippen LogP contribution >= 0.6 is 0 Å². The Morgan fingerprint density at radius 1 is 1.56 bits per heavy atom. The van der Waals surface area contributed by atoms with Gasteiger partial charge in [0.05, 0.1) is 0 Å². The Bertz CT molecular complexity index is 475. The Kier molecular flexibility index (Phi) is 4.71. The fourth-order valence-corrected chi connectivity index (χ4v) is 1.85. The van der Waals surface area contributed by atoms with Gasteiger partial charge >= 0.3 is 0 Å². The largest absolute Gasteiger partial charge is 0.368 e. The van der Waals surface area contributed by atoms with Gasteiger partial charge in [-0.1, -0.05) is 12.2 Å². The number of amides is 2. The van der Waals surface area contributed by atoms with Gasteiger partial charge in [-0.15, -0.1) is 0 Å². The highest BCUT2D eigenvalue weighted by Crippen LogP contribution is 2.17. The second kappa shape index (κ2) is 6.05. The third-order valence-electron chi connectivity index (χ3n) is 2.69. The first-order chi connectivity index (χ1) is 8.45. The molecule has 0 saturated heterocycles. The van der Waals surface area contributed by atoms with Crippen molar-refractivity contribution >= 4 is 17.9 Å². The van der Waals surface area contributed by atoms with E-state index in [0.717, 1.165) is 16.8 Å². The van der Waals surface area contributed by atoms with Gasteiger partial charge in [0.25, 0.3) is 0 Å². The van der Waals surface area contributed by atoms with E-state index in [0.29, 0.717) is 6.42 Å². The van der Waals surface area contributed by atoms with Crippen molar-refractivity contribution in [1.29, 1.82) is 0 Å². The Hall–Kier alpha value is -2.04. The first-order valence-corrected chi connectivity index (χ1v) is 5.81. The summed E-state index contributed by atoms with van der Waals surface area (Å²) in [5.41, 5.74) is 8.30. The standard InChI is InChI=1S/C13H19N3O2/c1-4-5-11-8(2)15-7-10(11)6-12(13(14)18)16-9(3)17/h4-5,7,12,15H,6H2,1-3H3,(H2,14,18)(H,16,17)/b5-4-/t12-/m0/s1. The van der Waals surface area contributed by atoms with E-state index in [4.69, 9.17) is 5.73 Å². The molecular weight excluding hydrogens is 230 g/mol. The van der Waals surface area contributed by atoms with E-state index in [9.17, 15) is 9.59 Å². The Morgan fingerprint density at radius 3 is 2.72 bits per heavy atom. The number of aryl methyl sites for hydroxylation is 1. The molecule has 0 unspecified atom stereocenters. The average Bonchev–Trinajstić information content (AvgIpc) is 2.60. The van der Waals surface area contributed by atoms with Gasteiger partial charge in [-0.3, -0.25) is 9.59 Å². The minimum Gasteiger partial charge on any atom is -0.368 e. The maximum absolute atomic E-state index is 11.3. The topological polar surface area (TPSA) is 88.0 Å². The molecule has 0 radical (unpaired) electrons. The zero-order valence-corrected chi connectivity index (χ0v) is 10.9. The van der Waals surface area contributed by atoms with Crippen LogP contribution in [0, 0.1) is 6.92 Å². The maximum Gasteiger partial charge on any atom is 0.240 e. The van der Waals surface area contributed by atoms with Gasteiger partial charge in [0.2, 0.25) is 11.8 Å². The highest BCUT2D eigenvalue weighted by Gasteiger charge is 2.19. The van der Waals surface area contributed by atoms with Crippen LogP contribution in [0.2, 0.25) is 0 Å². The lowest BCUT2D eigenvalue weighted by Crippen LogP contribution is -2.45. The number of primary amides is 1. The molecule has 0 aliphatic rings. The lowest BCUT2D eigenvalue weighted by molar-refractivity contribution is -0.126. The first-order valence-electron chi connectivity index (χ1n) is 5.81. The molecule has 0 fully saturated rings. The van der Waals surface area contributed by atoms with Crippen molar-refractivity contribution in [2.75, 3.05) is 0 Å². The van der Waals surface area contributed by atoms with Crippen molar-refractivity contribution in [3.8, 4) is 0 Å². The van der Waals surface area contributed by atoms with E-state index >= 15 is 0 Å². The van der Waals surface area contributed by atoms with E-state index in [1.807, 2.05) is 32.2 Å². The maximum atomic E-state index is 11.3. The summed E-state index contributed by atoms with van der Waals surface area (Å²) >= 11 is 0. The Morgan fingerprint density at radius 2 is 2.22 bits per heavy atom. The number of carbonyl (C=O) groups excluding carboxylic acids is 2. The zero-order valence-electron chi connectivity index (χ0n) is 10.9. The summed E-state index contributed by atoms with van der Waals surface area (Å²) < 4.78 is 0. The molecule has 18 heavy (non-hydrogen) atoms. The summed E-state index contributed by atoms with van der Waals surface area (Å²) in [5.74, 6) is -0.797. The fourth-order valence-electron chi connectivity index (χ4n) is 1.85. The second-order valence-electron chi connectivity index (χ2n) is 4.21. The molecule has 0 bridgehead atoms. The third-order valence-corrected chi connectivity index (χ3v) is 2.69. The van der Waals surface area contributed by atoms with Crippen molar-refractivity contribution in [2.24, 2.45) is 5.73 Å². The number of allylic oxidation sites excluding steroid dienone is 1. The summed E-state index contributed by atoms with van der Waals surface area (Å²) in [5, 5.41) is 2.55. The molecule has 4 N–H and O–H groups in total. The minimum atomic E-state index is -0.679. The quantitative estimate of drug-likeness (QED) is 0.723. The monoisotopic (exact) mass is 249 g/mol. The van der Waals surface area contributed by atoms with Gasteiger partial charge in [0, 0.05) is 25.2 Å². The highest BCUT2D eigenvalue weighted by atomic mass is 16.2. The molecule has 0 spiro atoms. The predicted octanol–water partition coefficient (Wildman–Crippen LogP) is 0.889. The van der Waals surface area contributed by atoms with Gasteiger partial charge in [0.15, 0.2) is 0 Å². The molecule has 1 aromatic rings. The molecule has 2 amide bonds. The van der Waals surface area contributed by atoms with Crippen molar-refractivity contribution in [1.82, 2.24) is 10.3 Å². The lowest BCUT2D eigenvalue weighted by Gasteiger charge is -2.14. The summed E-state index contributed by atoms with van der Waals surface area (Å²) in [6, 6.07) is -0.679. The van der Waals surface area contributed by atoms with Crippen LogP contribution in [0.25, 0.3) is 6.08 Å². The Labute approximate surface area is 106 Å². The normalized spacial score (nSPS) is 12.6. The molecule has 98 valence electrons. The second-order valence-corrected chi connectivity index (χ2v) is 4.21. The molecule has 1 heterocycles. The smallest absolute Gasteiger partial charge is 0.240 e. The van der Waals surface area contributed by atoms with Gasteiger partial charge in [0.1, 0.15) is 6.04 Å². The predicted molar refractivity (Wildman–Crippen MR) is 70.7 cm³/mol. The number of nitrogens with one attached hydrogen (secondary N) is 2. The van der Waals surface area contributed by atoms with E-state index in [2.05, 4.69) is 10.3 Å². The van der Waals surface area contributed by atoms with Gasteiger partial charge < -0.3 is 16.0 Å². The van der Waals surface area contributed by atoms with Gasteiger partial charge in [-0.2, -0.15) is 0 Å². The van der Waals surface area contributed by atoms with Crippen LogP contribution in [0.1, 0.15) is 30.7 Å². The zero-order chi connectivity index (χ0) is 13.7.